The molecular formula is C23H37N3O3S. The molecule has 1 aromatic rings. The first-order chi connectivity index (χ1) is 14.5. The van der Waals surface area contributed by atoms with Gasteiger partial charge in [0.2, 0.25) is 15.9 Å². The summed E-state index contributed by atoms with van der Waals surface area (Å²) in [5, 5.41) is 3.06. The average molecular weight is 436 g/mol. The van der Waals surface area contributed by atoms with Crippen LogP contribution in [0.2, 0.25) is 0 Å². The molecule has 1 saturated carbocycles. The van der Waals surface area contributed by atoms with E-state index in [9.17, 15) is 13.2 Å². The van der Waals surface area contributed by atoms with Crippen molar-refractivity contribution >= 4 is 15.9 Å². The van der Waals surface area contributed by atoms with Crippen LogP contribution >= 0.6 is 0 Å². The van der Waals surface area contributed by atoms with E-state index in [2.05, 4.69) is 17.3 Å². The minimum atomic E-state index is -3.42. The molecule has 6 nitrogen and oxygen atoms in total. The number of sulfonamides is 1. The van der Waals surface area contributed by atoms with Gasteiger partial charge in [-0.2, -0.15) is 4.31 Å². The SMILES string of the molecule is CN(CCCNC(=O)CC1CCN(S(=O)(=O)c2ccccc2)CC1)C1CCCCC1. The number of nitrogens with one attached hydrogen (secondary N) is 1. The number of amides is 1. The van der Waals surface area contributed by atoms with Gasteiger partial charge in [0.1, 0.15) is 0 Å². The van der Waals surface area contributed by atoms with Gasteiger partial charge < -0.3 is 10.2 Å². The predicted molar refractivity (Wildman–Crippen MR) is 120 cm³/mol. The van der Waals surface area contributed by atoms with E-state index < -0.39 is 10.0 Å². The Bertz CT molecular complexity index is 755. The third kappa shape index (κ3) is 6.53. The Morgan fingerprint density at radius 1 is 1.07 bits per heavy atom. The second-order valence-corrected chi connectivity index (χ2v) is 10.8. The molecule has 30 heavy (non-hydrogen) atoms. The van der Waals surface area contributed by atoms with Crippen molar-refractivity contribution in [2.75, 3.05) is 33.2 Å². The van der Waals surface area contributed by atoms with Crippen LogP contribution in [0.25, 0.3) is 0 Å². The maximum Gasteiger partial charge on any atom is 0.243 e. The second-order valence-electron chi connectivity index (χ2n) is 8.84. The minimum absolute atomic E-state index is 0.0969. The summed E-state index contributed by atoms with van der Waals surface area (Å²) >= 11 is 0. The molecule has 0 bridgehead atoms. The van der Waals surface area contributed by atoms with E-state index in [-0.39, 0.29) is 11.8 Å². The number of hydrogen-bond acceptors (Lipinski definition) is 4. The highest BCUT2D eigenvalue weighted by Crippen LogP contribution is 2.25. The fourth-order valence-electron chi connectivity index (χ4n) is 4.69. The fraction of sp³-hybridized carbons (Fsp3) is 0.696. The van der Waals surface area contributed by atoms with Gasteiger partial charge in [-0.25, -0.2) is 8.42 Å². The molecule has 3 rings (SSSR count). The topological polar surface area (TPSA) is 69.7 Å². The van der Waals surface area contributed by atoms with Crippen LogP contribution in [-0.4, -0.2) is 62.8 Å². The highest BCUT2D eigenvalue weighted by Gasteiger charge is 2.30. The van der Waals surface area contributed by atoms with Crippen molar-refractivity contribution in [2.24, 2.45) is 5.92 Å². The van der Waals surface area contributed by atoms with E-state index in [1.165, 1.54) is 32.1 Å². The summed E-state index contributed by atoms with van der Waals surface area (Å²) in [7, 11) is -1.22. The lowest BCUT2D eigenvalue weighted by atomic mass is 9.94. The molecule has 7 heteroatoms. The van der Waals surface area contributed by atoms with Gasteiger partial charge in [-0.3, -0.25) is 4.79 Å². The molecule has 1 aliphatic heterocycles. The molecule has 1 amide bonds. The molecule has 0 aromatic heterocycles. The van der Waals surface area contributed by atoms with Crippen molar-refractivity contribution in [3.05, 3.63) is 30.3 Å². The standard InChI is InChI=1S/C23H37N3O3S/c1-25(21-9-4-2-5-10-21)16-8-15-24-23(27)19-20-13-17-26(18-14-20)30(28,29)22-11-6-3-7-12-22/h3,6-7,11-12,20-21H,2,4-5,8-10,13-19H2,1H3,(H,24,27). The molecular weight excluding hydrogens is 398 g/mol. The number of carbonyl (C=O) groups is 1. The fourth-order valence-corrected chi connectivity index (χ4v) is 6.18. The van der Waals surface area contributed by atoms with Crippen molar-refractivity contribution in [3.63, 3.8) is 0 Å². The van der Waals surface area contributed by atoms with Gasteiger partial charge in [-0.1, -0.05) is 37.5 Å². The monoisotopic (exact) mass is 435 g/mol. The van der Waals surface area contributed by atoms with E-state index in [1.807, 2.05) is 6.07 Å². The zero-order valence-corrected chi connectivity index (χ0v) is 19.1. The van der Waals surface area contributed by atoms with Gasteiger partial charge in [-0.05, 0) is 63.7 Å². The molecule has 0 radical (unpaired) electrons. The lowest BCUT2D eigenvalue weighted by molar-refractivity contribution is -0.122. The summed E-state index contributed by atoms with van der Waals surface area (Å²) in [6.07, 6.45) is 9.63. The zero-order chi connectivity index (χ0) is 21.4. The van der Waals surface area contributed by atoms with E-state index >= 15 is 0 Å². The van der Waals surface area contributed by atoms with Crippen LogP contribution < -0.4 is 5.32 Å². The van der Waals surface area contributed by atoms with Crippen LogP contribution in [0.5, 0.6) is 0 Å². The Kier molecular flexibility index (Phi) is 8.72. The molecule has 0 spiro atoms. The number of nitrogens with zero attached hydrogens (tertiary/aromatic N) is 2. The highest BCUT2D eigenvalue weighted by molar-refractivity contribution is 7.89. The maximum absolute atomic E-state index is 12.7. The Morgan fingerprint density at radius 3 is 2.40 bits per heavy atom. The highest BCUT2D eigenvalue weighted by atomic mass is 32.2. The van der Waals surface area contributed by atoms with Crippen molar-refractivity contribution in [3.8, 4) is 0 Å². The van der Waals surface area contributed by atoms with E-state index in [1.54, 1.807) is 28.6 Å². The Labute approximate surface area is 182 Å². The summed E-state index contributed by atoms with van der Waals surface area (Å²) in [5.74, 6) is 0.358. The maximum atomic E-state index is 12.7. The molecule has 1 saturated heterocycles. The molecule has 1 N–H and O–H groups in total. The zero-order valence-electron chi connectivity index (χ0n) is 18.3. The molecule has 1 aliphatic carbocycles. The summed E-state index contributed by atoms with van der Waals surface area (Å²) in [6.45, 7) is 2.72. The van der Waals surface area contributed by atoms with Crippen LogP contribution in [0.4, 0.5) is 0 Å². The number of rotatable bonds is 9. The van der Waals surface area contributed by atoms with Gasteiger partial charge in [0.05, 0.1) is 4.90 Å². The molecule has 0 unspecified atom stereocenters. The van der Waals surface area contributed by atoms with Crippen molar-refractivity contribution in [1.82, 2.24) is 14.5 Å². The smallest absolute Gasteiger partial charge is 0.243 e. The van der Waals surface area contributed by atoms with Crippen LogP contribution in [0, 0.1) is 5.92 Å². The van der Waals surface area contributed by atoms with Gasteiger partial charge in [0.25, 0.3) is 0 Å². The van der Waals surface area contributed by atoms with Crippen LogP contribution in [0.3, 0.4) is 0 Å². The summed E-state index contributed by atoms with van der Waals surface area (Å²) < 4.78 is 27.0. The minimum Gasteiger partial charge on any atom is -0.356 e. The van der Waals surface area contributed by atoms with Gasteiger partial charge in [0.15, 0.2) is 0 Å². The number of piperidine rings is 1. The molecule has 168 valence electrons. The first-order valence-corrected chi connectivity index (χ1v) is 12.9. The summed E-state index contributed by atoms with van der Waals surface area (Å²) in [6, 6.07) is 9.30. The van der Waals surface area contributed by atoms with Crippen LogP contribution in [0.1, 0.15) is 57.8 Å². The number of benzene rings is 1. The molecule has 2 aliphatic rings. The second kappa shape index (κ2) is 11.3. The van der Waals surface area contributed by atoms with Crippen molar-refractivity contribution in [2.45, 2.75) is 68.7 Å². The first kappa shape index (κ1) is 23.2. The molecule has 1 aromatic carbocycles. The summed E-state index contributed by atoms with van der Waals surface area (Å²) in [5.41, 5.74) is 0. The number of hydrogen-bond donors (Lipinski definition) is 1. The average Bonchev–Trinajstić information content (AvgIpc) is 2.78. The molecule has 1 heterocycles. The first-order valence-electron chi connectivity index (χ1n) is 11.5. The van der Waals surface area contributed by atoms with E-state index in [0.717, 1.165) is 32.4 Å². The number of carbonyl (C=O) groups excluding carboxylic acids is 1. The van der Waals surface area contributed by atoms with Crippen LogP contribution in [0.15, 0.2) is 35.2 Å². The molecule has 2 fully saturated rings. The third-order valence-corrected chi connectivity index (χ3v) is 8.55. The van der Waals surface area contributed by atoms with Crippen LogP contribution in [-0.2, 0) is 14.8 Å². The van der Waals surface area contributed by atoms with E-state index in [0.29, 0.717) is 30.4 Å². The quantitative estimate of drug-likeness (QED) is 0.605. The van der Waals surface area contributed by atoms with Gasteiger partial charge in [0, 0.05) is 32.1 Å². The lowest BCUT2D eigenvalue weighted by Crippen LogP contribution is -2.40. The van der Waals surface area contributed by atoms with Gasteiger partial charge in [-0.15, -0.1) is 0 Å². The van der Waals surface area contributed by atoms with Gasteiger partial charge >= 0.3 is 0 Å². The largest absolute Gasteiger partial charge is 0.356 e. The van der Waals surface area contributed by atoms with Crippen molar-refractivity contribution in [1.29, 1.82) is 0 Å². The van der Waals surface area contributed by atoms with E-state index in [4.69, 9.17) is 0 Å². The third-order valence-electron chi connectivity index (χ3n) is 6.64. The Morgan fingerprint density at radius 2 is 1.73 bits per heavy atom. The Hall–Kier alpha value is -1.44. The predicted octanol–water partition coefficient (Wildman–Crippen LogP) is 3.25. The van der Waals surface area contributed by atoms with Crippen molar-refractivity contribution < 1.29 is 13.2 Å². The normalized spacial score (nSPS) is 19.8. The molecule has 0 atom stereocenters. The Balaban J connectivity index is 1.32. The lowest BCUT2D eigenvalue weighted by Gasteiger charge is -2.31. The summed E-state index contributed by atoms with van der Waals surface area (Å²) in [4.78, 5) is 15.1.